The van der Waals surface area contributed by atoms with Crippen molar-refractivity contribution in [2.45, 2.75) is 19.4 Å². The molecule has 1 aromatic carbocycles. The number of nitrogens with two attached hydrogens (primary N) is 1. The van der Waals surface area contributed by atoms with Crippen LogP contribution in [0.15, 0.2) is 35.4 Å². The summed E-state index contributed by atoms with van der Waals surface area (Å²) in [6.45, 7) is 2.01. The summed E-state index contributed by atoms with van der Waals surface area (Å²) in [6.07, 6.45) is 1.86. The molecular formula is C15H17N7O2. The highest BCUT2D eigenvalue weighted by molar-refractivity contribution is 5.81. The number of benzene rings is 1. The Morgan fingerprint density at radius 3 is 2.96 bits per heavy atom. The van der Waals surface area contributed by atoms with E-state index in [9.17, 15) is 9.59 Å². The molecule has 0 spiro atoms. The molecule has 0 aliphatic heterocycles. The van der Waals surface area contributed by atoms with E-state index in [0.717, 1.165) is 0 Å². The van der Waals surface area contributed by atoms with Gasteiger partial charge in [0.25, 0.3) is 5.56 Å². The fourth-order valence-corrected chi connectivity index (χ4v) is 2.36. The third-order valence-electron chi connectivity index (χ3n) is 3.70. The number of carbonyl (C=O) groups excluding carboxylic acids is 1. The van der Waals surface area contributed by atoms with E-state index in [1.165, 1.54) is 10.9 Å². The second kappa shape index (κ2) is 6.49. The Bertz CT molecular complexity index is 931. The Labute approximate surface area is 136 Å². The number of para-hydroxylation sites is 1. The summed E-state index contributed by atoms with van der Waals surface area (Å²) in [5.74, 6) is 0.477. The SMILES string of the molecule is C[C@H](C(=O)NCCc1nc(N)n[nH]1)n1cnc2ccccc2c1=O. The number of carbonyl (C=O) groups is 1. The van der Waals surface area contributed by atoms with Crippen molar-refractivity contribution in [3.05, 3.63) is 46.8 Å². The molecule has 2 heterocycles. The Morgan fingerprint density at radius 2 is 2.21 bits per heavy atom. The number of rotatable bonds is 5. The van der Waals surface area contributed by atoms with Crippen molar-refractivity contribution in [2.75, 3.05) is 12.3 Å². The van der Waals surface area contributed by atoms with Crippen LogP contribution in [-0.2, 0) is 11.2 Å². The number of aromatic nitrogens is 5. The van der Waals surface area contributed by atoms with Crippen LogP contribution >= 0.6 is 0 Å². The first-order valence-corrected chi connectivity index (χ1v) is 7.46. The summed E-state index contributed by atoms with van der Waals surface area (Å²) in [5.41, 5.74) is 5.77. The van der Waals surface area contributed by atoms with Crippen molar-refractivity contribution >= 4 is 22.8 Å². The summed E-state index contributed by atoms with van der Waals surface area (Å²) in [6, 6.07) is 6.36. The Morgan fingerprint density at radius 1 is 1.42 bits per heavy atom. The third kappa shape index (κ3) is 3.09. The predicted molar refractivity (Wildman–Crippen MR) is 88.2 cm³/mol. The van der Waals surface area contributed by atoms with E-state index in [2.05, 4.69) is 25.5 Å². The minimum atomic E-state index is -0.672. The average Bonchev–Trinajstić information content (AvgIpc) is 3.00. The van der Waals surface area contributed by atoms with E-state index in [4.69, 9.17) is 5.73 Å². The Hall–Kier alpha value is -3.23. The standard InChI is InChI=1S/C15H17N7O2/c1-9(13(23)17-7-6-12-19-15(16)21-20-12)22-8-18-11-5-3-2-4-10(11)14(22)24/h2-5,8-9H,6-7H2,1H3,(H,17,23)(H3,16,19,20,21)/t9-/m1/s1. The lowest BCUT2D eigenvalue weighted by Crippen LogP contribution is -2.36. The molecule has 0 aliphatic carbocycles. The van der Waals surface area contributed by atoms with Crippen molar-refractivity contribution in [1.29, 1.82) is 0 Å². The molecule has 1 atom stereocenters. The van der Waals surface area contributed by atoms with Crippen molar-refractivity contribution in [1.82, 2.24) is 30.0 Å². The zero-order valence-corrected chi connectivity index (χ0v) is 13.1. The first kappa shape index (κ1) is 15.7. The maximum Gasteiger partial charge on any atom is 0.261 e. The number of aromatic amines is 1. The molecule has 0 bridgehead atoms. The van der Waals surface area contributed by atoms with Crippen LogP contribution in [0.2, 0.25) is 0 Å². The van der Waals surface area contributed by atoms with E-state index in [0.29, 0.717) is 29.7 Å². The molecule has 1 amide bonds. The lowest BCUT2D eigenvalue weighted by molar-refractivity contribution is -0.123. The lowest BCUT2D eigenvalue weighted by Gasteiger charge is -2.15. The number of H-pyrrole nitrogens is 1. The minimum Gasteiger partial charge on any atom is -0.367 e. The first-order valence-electron chi connectivity index (χ1n) is 7.46. The molecule has 0 radical (unpaired) electrons. The second-order valence-electron chi connectivity index (χ2n) is 5.33. The van der Waals surface area contributed by atoms with Gasteiger partial charge in [-0.1, -0.05) is 12.1 Å². The fourth-order valence-electron chi connectivity index (χ4n) is 2.36. The van der Waals surface area contributed by atoms with E-state index < -0.39 is 6.04 Å². The molecular weight excluding hydrogens is 310 g/mol. The van der Waals surface area contributed by atoms with Crippen molar-refractivity contribution in [2.24, 2.45) is 0 Å². The second-order valence-corrected chi connectivity index (χ2v) is 5.33. The number of hydrogen-bond acceptors (Lipinski definition) is 6. The zero-order chi connectivity index (χ0) is 17.1. The number of nitrogens with zero attached hydrogens (tertiary/aromatic N) is 4. The minimum absolute atomic E-state index is 0.165. The molecule has 124 valence electrons. The highest BCUT2D eigenvalue weighted by atomic mass is 16.2. The van der Waals surface area contributed by atoms with Crippen LogP contribution in [0.25, 0.3) is 10.9 Å². The van der Waals surface area contributed by atoms with Gasteiger partial charge in [-0.2, -0.15) is 4.98 Å². The van der Waals surface area contributed by atoms with Crippen LogP contribution in [0, 0.1) is 0 Å². The van der Waals surface area contributed by atoms with Crippen molar-refractivity contribution < 1.29 is 4.79 Å². The topological polar surface area (TPSA) is 132 Å². The van der Waals surface area contributed by atoms with Gasteiger partial charge in [-0.3, -0.25) is 19.3 Å². The van der Waals surface area contributed by atoms with Crippen LogP contribution in [0.5, 0.6) is 0 Å². The molecule has 3 aromatic rings. The smallest absolute Gasteiger partial charge is 0.261 e. The molecule has 2 aromatic heterocycles. The van der Waals surface area contributed by atoms with Crippen LogP contribution in [-0.4, -0.2) is 37.2 Å². The van der Waals surface area contributed by atoms with Crippen molar-refractivity contribution in [3.8, 4) is 0 Å². The molecule has 0 saturated heterocycles. The molecule has 0 aliphatic rings. The largest absolute Gasteiger partial charge is 0.367 e. The highest BCUT2D eigenvalue weighted by Crippen LogP contribution is 2.08. The number of nitrogens with one attached hydrogen (secondary N) is 2. The number of hydrogen-bond donors (Lipinski definition) is 3. The lowest BCUT2D eigenvalue weighted by atomic mass is 10.2. The summed E-state index contributed by atoms with van der Waals surface area (Å²) in [5, 5.41) is 9.62. The molecule has 24 heavy (non-hydrogen) atoms. The van der Waals surface area contributed by atoms with E-state index >= 15 is 0 Å². The summed E-state index contributed by atoms with van der Waals surface area (Å²) >= 11 is 0. The molecule has 0 fully saturated rings. The molecule has 9 heteroatoms. The van der Waals surface area contributed by atoms with Crippen LogP contribution < -0.4 is 16.6 Å². The van der Waals surface area contributed by atoms with Gasteiger partial charge in [0.2, 0.25) is 11.9 Å². The van der Waals surface area contributed by atoms with Gasteiger partial charge in [-0.05, 0) is 19.1 Å². The molecule has 0 unspecified atom stereocenters. The molecule has 3 rings (SSSR count). The molecule has 9 nitrogen and oxygen atoms in total. The third-order valence-corrected chi connectivity index (χ3v) is 3.70. The maximum atomic E-state index is 12.5. The Kier molecular flexibility index (Phi) is 4.23. The number of anilines is 1. The normalized spacial score (nSPS) is 12.2. The highest BCUT2D eigenvalue weighted by Gasteiger charge is 2.17. The van der Waals surface area contributed by atoms with Gasteiger partial charge in [-0.25, -0.2) is 4.98 Å². The van der Waals surface area contributed by atoms with Gasteiger partial charge in [0.1, 0.15) is 11.9 Å². The predicted octanol–water partition coefficient (Wildman–Crippen LogP) is 0.0167. The number of amides is 1. The van der Waals surface area contributed by atoms with Crippen LogP contribution in [0.4, 0.5) is 5.95 Å². The average molecular weight is 327 g/mol. The quantitative estimate of drug-likeness (QED) is 0.605. The summed E-state index contributed by atoms with van der Waals surface area (Å²) < 4.78 is 1.32. The fraction of sp³-hybridized carbons (Fsp3) is 0.267. The summed E-state index contributed by atoms with van der Waals surface area (Å²) in [7, 11) is 0. The van der Waals surface area contributed by atoms with Gasteiger partial charge < -0.3 is 11.1 Å². The summed E-state index contributed by atoms with van der Waals surface area (Å²) in [4.78, 5) is 32.9. The van der Waals surface area contributed by atoms with E-state index in [-0.39, 0.29) is 17.4 Å². The number of nitrogen functional groups attached to an aromatic ring is 1. The molecule has 0 saturated carbocycles. The monoisotopic (exact) mass is 327 g/mol. The van der Waals surface area contributed by atoms with Gasteiger partial charge >= 0.3 is 0 Å². The number of fused-ring (bicyclic) bond motifs is 1. The van der Waals surface area contributed by atoms with Gasteiger partial charge in [-0.15, -0.1) is 5.10 Å². The van der Waals surface area contributed by atoms with Crippen molar-refractivity contribution in [3.63, 3.8) is 0 Å². The van der Waals surface area contributed by atoms with Gasteiger partial charge in [0.05, 0.1) is 17.2 Å². The van der Waals surface area contributed by atoms with E-state index in [1.807, 2.05) is 6.07 Å². The Balaban J connectivity index is 1.69. The van der Waals surface area contributed by atoms with Crippen LogP contribution in [0.3, 0.4) is 0 Å². The zero-order valence-electron chi connectivity index (χ0n) is 13.1. The van der Waals surface area contributed by atoms with E-state index in [1.54, 1.807) is 25.1 Å². The first-order chi connectivity index (χ1) is 11.6. The van der Waals surface area contributed by atoms with Gasteiger partial charge in [0.15, 0.2) is 0 Å². The maximum absolute atomic E-state index is 12.5. The molecule has 4 N–H and O–H groups in total. The van der Waals surface area contributed by atoms with Gasteiger partial charge in [0, 0.05) is 13.0 Å². The van der Waals surface area contributed by atoms with Crippen LogP contribution in [0.1, 0.15) is 18.8 Å².